The molecular formula is C10H17NO3. The molecule has 0 heterocycles. The fourth-order valence-electron chi connectivity index (χ4n) is 2.17. The Labute approximate surface area is 83.9 Å². The Balaban J connectivity index is 2.76. The molecule has 1 N–H and O–H groups in total. The summed E-state index contributed by atoms with van der Waals surface area (Å²) in [7, 11) is 3.34. The van der Waals surface area contributed by atoms with Crippen LogP contribution in [0.1, 0.15) is 19.8 Å². The molecular weight excluding hydrogens is 182 g/mol. The monoisotopic (exact) mass is 199 g/mol. The van der Waals surface area contributed by atoms with Crippen LogP contribution in [-0.2, 0) is 9.59 Å². The van der Waals surface area contributed by atoms with E-state index in [0.717, 1.165) is 0 Å². The summed E-state index contributed by atoms with van der Waals surface area (Å²) >= 11 is 0. The summed E-state index contributed by atoms with van der Waals surface area (Å²) < 4.78 is 0. The van der Waals surface area contributed by atoms with Gasteiger partial charge >= 0.3 is 5.97 Å². The third-order valence-electron chi connectivity index (χ3n) is 2.87. The first kappa shape index (κ1) is 11.0. The van der Waals surface area contributed by atoms with Crippen molar-refractivity contribution in [1.82, 2.24) is 4.90 Å². The molecule has 1 aliphatic carbocycles. The number of carboxylic acids is 1. The Morgan fingerprint density at radius 3 is 2.14 bits per heavy atom. The lowest BCUT2D eigenvalue weighted by molar-refractivity contribution is -0.148. The first-order chi connectivity index (χ1) is 6.43. The third-order valence-corrected chi connectivity index (χ3v) is 2.87. The highest BCUT2D eigenvalue weighted by atomic mass is 16.4. The van der Waals surface area contributed by atoms with E-state index in [4.69, 9.17) is 5.11 Å². The normalized spacial score (nSPS) is 31.5. The molecule has 1 fully saturated rings. The highest BCUT2D eigenvalue weighted by molar-refractivity contribution is 5.85. The van der Waals surface area contributed by atoms with E-state index in [9.17, 15) is 9.59 Å². The van der Waals surface area contributed by atoms with Gasteiger partial charge in [-0.15, -0.1) is 0 Å². The summed E-state index contributed by atoms with van der Waals surface area (Å²) in [5.74, 6) is -1.36. The zero-order valence-corrected chi connectivity index (χ0v) is 8.86. The van der Waals surface area contributed by atoms with Gasteiger partial charge in [-0.25, -0.2) is 0 Å². The second-order valence-corrected chi connectivity index (χ2v) is 4.36. The van der Waals surface area contributed by atoms with Crippen LogP contribution in [0.2, 0.25) is 0 Å². The van der Waals surface area contributed by atoms with Gasteiger partial charge in [0.1, 0.15) is 0 Å². The average Bonchev–Trinajstić information content (AvgIpc) is 2.45. The van der Waals surface area contributed by atoms with Crippen LogP contribution < -0.4 is 0 Å². The lowest BCUT2D eigenvalue weighted by Gasteiger charge is -2.19. The first-order valence-corrected chi connectivity index (χ1v) is 4.87. The van der Waals surface area contributed by atoms with Crippen LogP contribution in [-0.4, -0.2) is 36.0 Å². The van der Waals surface area contributed by atoms with Crippen molar-refractivity contribution in [2.75, 3.05) is 14.1 Å². The van der Waals surface area contributed by atoms with Crippen LogP contribution in [0.15, 0.2) is 0 Å². The predicted octanol–water partition coefficient (Wildman–Crippen LogP) is 0.821. The number of carbonyl (C=O) groups excluding carboxylic acids is 1. The zero-order chi connectivity index (χ0) is 10.9. The van der Waals surface area contributed by atoms with Gasteiger partial charge in [-0.3, -0.25) is 9.59 Å². The van der Waals surface area contributed by atoms with E-state index in [1.54, 1.807) is 14.1 Å². The molecule has 3 atom stereocenters. The van der Waals surface area contributed by atoms with E-state index in [1.807, 2.05) is 6.92 Å². The molecule has 14 heavy (non-hydrogen) atoms. The fraction of sp³-hybridized carbons (Fsp3) is 0.800. The predicted molar refractivity (Wildman–Crippen MR) is 51.7 cm³/mol. The molecule has 0 saturated heterocycles. The molecule has 0 spiro atoms. The second kappa shape index (κ2) is 3.98. The minimum atomic E-state index is -0.838. The standard InChI is InChI=1S/C10H17NO3/c1-6-4-7(9(12)11(2)3)8(5-6)10(13)14/h6-8H,4-5H2,1-3H3,(H,13,14)/t6?,7-,8+/m0/s1. The number of hydrogen-bond donors (Lipinski definition) is 1. The molecule has 1 aliphatic rings. The van der Waals surface area contributed by atoms with Gasteiger partial charge in [0.2, 0.25) is 5.91 Å². The second-order valence-electron chi connectivity index (χ2n) is 4.36. The fourth-order valence-corrected chi connectivity index (χ4v) is 2.17. The maximum atomic E-state index is 11.7. The molecule has 1 saturated carbocycles. The summed E-state index contributed by atoms with van der Waals surface area (Å²) in [6.07, 6.45) is 1.33. The van der Waals surface area contributed by atoms with E-state index in [0.29, 0.717) is 18.8 Å². The van der Waals surface area contributed by atoms with Gasteiger partial charge in [0, 0.05) is 14.1 Å². The van der Waals surface area contributed by atoms with E-state index in [1.165, 1.54) is 4.90 Å². The van der Waals surface area contributed by atoms with E-state index >= 15 is 0 Å². The molecule has 1 unspecified atom stereocenters. The Bertz CT molecular complexity index is 250. The molecule has 0 bridgehead atoms. The van der Waals surface area contributed by atoms with Gasteiger partial charge in [-0.1, -0.05) is 6.92 Å². The van der Waals surface area contributed by atoms with Crippen molar-refractivity contribution in [3.63, 3.8) is 0 Å². The maximum absolute atomic E-state index is 11.7. The number of nitrogens with zero attached hydrogens (tertiary/aromatic N) is 1. The lowest BCUT2D eigenvalue weighted by Crippen LogP contribution is -2.34. The smallest absolute Gasteiger partial charge is 0.307 e. The number of hydrogen-bond acceptors (Lipinski definition) is 2. The molecule has 1 rings (SSSR count). The quantitative estimate of drug-likeness (QED) is 0.716. The number of aliphatic carboxylic acids is 1. The third kappa shape index (κ3) is 2.05. The molecule has 0 aliphatic heterocycles. The Morgan fingerprint density at radius 2 is 1.71 bits per heavy atom. The van der Waals surface area contributed by atoms with Crippen molar-refractivity contribution < 1.29 is 14.7 Å². The van der Waals surface area contributed by atoms with Crippen LogP contribution in [0, 0.1) is 17.8 Å². The maximum Gasteiger partial charge on any atom is 0.307 e. The summed E-state index contributed by atoms with van der Waals surface area (Å²) in [5, 5.41) is 8.96. The van der Waals surface area contributed by atoms with Crippen LogP contribution in [0.25, 0.3) is 0 Å². The number of carbonyl (C=O) groups is 2. The SMILES string of the molecule is CC1C[C@H](C(=O)N(C)C)[C@H](C(=O)O)C1. The molecule has 0 aromatic carbocycles. The lowest BCUT2D eigenvalue weighted by atomic mass is 9.95. The summed E-state index contributed by atoms with van der Waals surface area (Å²) in [4.78, 5) is 24.1. The Kier molecular flexibility index (Phi) is 3.13. The molecule has 4 heteroatoms. The average molecular weight is 199 g/mol. The number of amides is 1. The molecule has 0 radical (unpaired) electrons. The molecule has 4 nitrogen and oxygen atoms in total. The summed E-state index contributed by atoms with van der Waals surface area (Å²) in [6.45, 7) is 2.00. The topological polar surface area (TPSA) is 57.6 Å². The highest BCUT2D eigenvalue weighted by Crippen LogP contribution is 2.37. The van der Waals surface area contributed by atoms with Crippen molar-refractivity contribution in [3.8, 4) is 0 Å². The molecule has 0 aromatic heterocycles. The van der Waals surface area contributed by atoms with Crippen molar-refractivity contribution in [1.29, 1.82) is 0 Å². The van der Waals surface area contributed by atoms with Gasteiger partial charge < -0.3 is 10.0 Å². The zero-order valence-electron chi connectivity index (χ0n) is 8.86. The first-order valence-electron chi connectivity index (χ1n) is 4.87. The Hall–Kier alpha value is -1.06. The van der Waals surface area contributed by atoms with Gasteiger partial charge in [0.25, 0.3) is 0 Å². The van der Waals surface area contributed by atoms with E-state index < -0.39 is 11.9 Å². The van der Waals surface area contributed by atoms with Crippen LogP contribution in [0.3, 0.4) is 0 Å². The van der Waals surface area contributed by atoms with Crippen molar-refractivity contribution in [2.24, 2.45) is 17.8 Å². The summed E-state index contributed by atoms with van der Waals surface area (Å²) in [5.41, 5.74) is 0. The minimum Gasteiger partial charge on any atom is -0.481 e. The largest absolute Gasteiger partial charge is 0.481 e. The van der Waals surface area contributed by atoms with Crippen LogP contribution in [0.4, 0.5) is 0 Å². The van der Waals surface area contributed by atoms with Gasteiger partial charge in [0.15, 0.2) is 0 Å². The number of carboxylic acid groups (broad SMARTS) is 1. The Morgan fingerprint density at radius 1 is 1.21 bits per heavy atom. The molecule has 1 amide bonds. The van der Waals surface area contributed by atoms with Gasteiger partial charge in [-0.05, 0) is 18.8 Å². The van der Waals surface area contributed by atoms with Gasteiger partial charge in [-0.2, -0.15) is 0 Å². The van der Waals surface area contributed by atoms with Crippen molar-refractivity contribution in [3.05, 3.63) is 0 Å². The van der Waals surface area contributed by atoms with Gasteiger partial charge in [0.05, 0.1) is 11.8 Å². The van der Waals surface area contributed by atoms with E-state index in [-0.39, 0.29) is 11.8 Å². The number of rotatable bonds is 2. The van der Waals surface area contributed by atoms with Crippen LogP contribution >= 0.6 is 0 Å². The van der Waals surface area contributed by atoms with Crippen LogP contribution in [0.5, 0.6) is 0 Å². The van der Waals surface area contributed by atoms with Crippen molar-refractivity contribution >= 4 is 11.9 Å². The summed E-state index contributed by atoms with van der Waals surface area (Å²) in [6, 6.07) is 0. The highest BCUT2D eigenvalue weighted by Gasteiger charge is 2.41. The van der Waals surface area contributed by atoms with E-state index in [2.05, 4.69) is 0 Å². The minimum absolute atomic E-state index is 0.0539. The molecule has 80 valence electrons. The van der Waals surface area contributed by atoms with Crippen molar-refractivity contribution in [2.45, 2.75) is 19.8 Å². The molecule has 0 aromatic rings.